The molecule has 1 aromatic heterocycles. The number of nitrogens with one attached hydrogen (secondary N) is 2. The second kappa shape index (κ2) is 9.09. The van der Waals surface area contributed by atoms with Crippen LogP contribution in [0.3, 0.4) is 0 Å². The van der Waals surface area contributed by atoms with Gasteiger partial charge in [0.05, 0.1) is 18.4 Å². The number of carbonyl (C=O) groups excluding carboxylic acids is 3. The number of hydrogen-bond acceptors (Lipinski definition) is 5. The number of rotatable bonds is 10. The fraction of sp³-hybridized carbons (Fsp3) is 0.654. The van der Waals surface area contributed by atoms with E-state index in [1.807, 2.05) is 0 Å². The summed E-state index contributed by atoms with van der Waals surface area (Å²) in [5, 5.41) is 6.12. The van der Waals surface area contributed by atoms with Crippen LogP contribution in [0, 0.1) is 29.1 Å². The van der Waals surface area contributed by atoms with E-state index in [1.54, 1.807) is 12.1 Å². The summed E-state index contributed by atoms with van der Waals surface area (Å²) < 4.78 is 5.50. The van der Waals surface area contributed by atoms with Crippen molar-refractivity contribution in [1.29, 1.82) is 0 Å². The molecule has 33 heavy (non-hydrogen) atoms. The van der Waals surface area contributed by atoms with Gasteiger partial charge in [0, 0.05) is 13.5 Å². The van der Waals surface area contributed by atoms with Gasteiger partial charge in [-0.1, -0.05) is 12.2 Å². The van der Waals surface area contributed by atoms with Crippen LogP contribution >= 0.6 is 0 Å². The molecule has 1 spiro atoms. The molecule has 0 radical (unpaired) electrons. The first-order valence-corrected chi connectivity index (χ1v) is 12.6. The van der Waals surface area contributed by atoms with Crippen molar-refractivity contribution in [2.24, 2.45) is 29.1 Å². The van der Waals surface area contributed by atoms with Crippen LogP contribution in [0.15, 0.2) is 28.7 Å². The van der Waals surface area contributed by atoms with Crippen molar-refractivity contribution in [3.8, 4) is 0 Å². The lowest BCUT2D eigenvalue weighted by Crippen LogP contribution is -2.44. The predicted molar refractivity (Wildman–Crippen MR) is 123 cm³/mol. The van der Waals surface area contributed by atoms with E-state index in [0.717, 1.165) is 32.2 Å². The molecular formula is C26H35N3O4. The van der Waals surface area contributed by atoms with E-state index in [-0.39, 0.29) is 53.2 Å². The first-order chi connectivity index (χ1) is 16.0. The maximum absolute atomic E-state index is 13.3. The van der Waals surface area contributed by atoms with E-state index in [1.165, 1.54) is 32.9 Å². The van der Waals surface area contributed by atoms with Crippen LogP contribution in [0.5, 0.6) is 0 Å². The number of likely N-dealkylation sites (tertiary alicyclic amines) is 1. The van der Waals surface area contributed by atoms with E-state index in [9.17, 15) is 14.4 Å². The lowest BCUT2D eigenvalue weighted by Gasteiger charge is -2.26. The summed E-state index contributed by atoms with van der Waals surface area (Å²) in [7, 11) is 0. The maximum Gasteiger partial charge on any atom is 0.224 e. The third kappa shape index (κ3) is 4.27. The highest BCUT2D eigenvalue weighted by Gasteiger charge is 2.69. The number of carbonyl (C=O) groups is 3. The molecule has 2 N–H and O–H groups in total. The molecule has 2 heterocycles. The molecule has 0 aromatic carbocycles. The Bertz CT molecular complexity index is 941. The SMILES string of the molecule is CC(=O)c1ccc(CNC(=O)[C@H]2[C@H](C(=O)NCCCCN3CCCC3)[C@H]3C=C[C@@H]2C32CC2)o1. The Labute approximate surface area is 195 Å². The molecule has 1 aromatic rings. The molecule has 4 aliphatic rings. The normalized spacial score (nSPS) is 29.0. The van der Waals surface area contributed by atoms with Crippen molar-refractivity contribution in [2.45, 2.75) is 52.0 Å². The van der Waals surface area contributed by atoms with Crippen LogP contribution in [0.1, 0.15) is 61.8 Å². The Kier molecular flexibility index (Phi) is 6.16. The zero-order valence-corrected chi connectivity index (χ0v) is 19.5. The second-order valence-corrected chi connectivity index (χ2v) is 10.3. The number of Topliss-reactive ketones (excluding diaryl/α,β-unsaturated/α-hetero) is 1. The predicted octanol–water partition coefficient (Wildman–Crippen LogP) is 2.92. The topological polar surface area (TPSA) is 91.6 Å². The molecule has 7 nitrogen and oxygen atoms in total. The fourth-order valence-electron chi connectivity index (χ4n) is 6.46. The Hall–Kier alpha value is -2.41. The Morgan fingerprint density at radius 3 is 2.27 bits per heavy atom. The van der Waals surface area contributed by atoms with Crippen molar-refractivity contribution in [1.82, 2.24) is 15.5 Å². The standard InChI is InChI=1S/C26H35N3O4/c1-17(30)21-9-6-18(33-21)16-28-25(32)23-20-8-7-19(26(20)10-11-26)22(23)24(31)27-12-2-3-13-29-14-4-5-15-29/h6-9,19-20,22-23H,2-5,10-16H2,1H3,(H,27,31)(H,28,32)/t19-,20+,22-,23-/m1/s1. The van der Waals surface area contributed by atoms with Crippen LogP contribution in [-0.4, -0.2) is 48.7 Å². The summed E-state index contributed by atoms with van der Waals surface area (Å²) in [6, 6.07) is 3.34. The number of furan rings is 1. The average Bonchev–Trinajstić information content (AvgIpc) is 3.16. The minimum Gasteiger partial charge on any atom is -0.456 e. The molecule has 3 aliphatic carbocycles. The summed E-state index contributed by atoms with van der Waals surface area (Å²) in [6.45, 7) is 5.87. The monoisotopic (exact) mass is 453 g/mol. The van der Waals surface area contributed by atoms with Crippen molar-refractivity contribution in [3.63, 3.8) is 0 Å². The molecule has 0 unspecified atom stereocenters. The van der Waals surface area contributed by atoms with E-state index in [2.05, 4.69) is 27.7 Å². The first-order valence-electron chi connectivity index (χ1n) is 12.6. The number of nitrogens with zero attached hydrogens (tertiary/aromatic N) is 1. The van der Waals surface area contributed by atoms with Gasteiger partial charge in [-0.15, -0.1) is 0 Å². The molecule has 2 bridgehead atoms. The van der Waals surface area contributed by atoms with Crippen LogP contribution in [0.2, 0.25) is 0 Å². The third-order valence-corrected chi connectivity index (χ3v) is 8.29. The summed E-state index contributed by atoms with van der Waals surface area (Å²) in [4.78, 5) is 40.5. The van der Waals surface area contributed by atoms with Gasteiger partial charge in [-0.3, -0.25) is 14.4 Å². The van der Waals surface area contributed by atoms with E-state index < -0.39 is 0 Å². The summed E-state index contributed by atoms with van der Waals surface area (Å²) in [5.74, 6) is 0.296. The Balaban J connectivity index is 1.17. The molecule has 7 heteroatoms. The van der Waals surface area contributed by atoms with E-state index in [4.69, 9.17) is 4.42 Å². The highest BCUT2D eigenvalue weighted by atomic mass is 16.3. The van der Waals surface area contributed by atoms with Gasteiger partial charge < -0.3 is 20.0 Å². The van der Waals surface area contributed by atoms with Gasteiger partial charge in [0.1, 0.15) is 5.76 Å². The van der Waals surface area contributed by atoms with Crippen LogP contribution in [0.25, 0.3) is 0 Å². The zero-order valence-electron chi connectivity index (χ0n) is 19.5. The van der Waals surface area contributed by atoms with Crippen LogP contribution in [-0.2, 0) is 16.1 Å². The van der Waals surface area contributed by atoms with Gasteiger partial charge in [-0.25, -0.2) is 0 Å². The fourth-order valence-corrected chi connectivity index (χ4v) is 6.46. The molecule has 4 atom stereocenters. The van der Waals surface area contributed by atoms with Crippen LogP contribution < -0.4 is 10.6 Å². The highest BCUT2D eigenvalue weighted by Crippen LogP contribution is 2.72. The highest BCUT2D eigenvalue weighted by molar-refractivity contribution is 5.91. The molecule has 1 saturated heterocycles. The molecule has 178 valence electrons. The summed E-state index contributed by atoms with van der Waals surface area (Å²) in [5.41, 5.74) is 0.117. The molecule has 1 aliphatic heterocycles. The Morgan fingerprint density at radius 2 is 1.67 bits per heavy atom. The van der Waals surface area contributed by atoms with Crippen molar-refractivity contribution in [2.75, 3.05) is 26.2 Å². The number of unbranched alkanes of at least 4 members (excludes halogenated alkanes) is 1. The van der Waals surface area contributed by atoms with Gasteiger partial charge in [0.2, 0.25) is 11.8 Å². The van der Waals surface area contributed by atoms with Gasteiger partial charge in [-0.2, -0.15) is 0 Å². The average molecular weight is 454 g/mol. The molecule has 2 saturated carbocycles. The van der Waals surface area contributed by atoms with E-state index >= 15 is 0 Å². The molecule has 5 rings (SSSR count). The van der Waals surface area contributed by atoms with Crippen molar-refractivity contribution in [3.05, 3.63) is 35.8 Å². The van der Waals surface area contributed by atoms with Crippen molar-refractivity contribution < 1.29 is 18.8 Å². The molecule has 3 fully saturated rings. The Morgan fingerprint density at radius 1 is 1.00 bits per heavy atom. The minimum absolute atomic E-state index is 0.0244. The summed E-state index contributed by atoms with van der Waals surface area (Å²) >= 11 is 0. The maximum atomic E-state index is 13.3. The van der Waals surface area contributed by atoms with Gasteiger partial charge >= 0.3 is 0 Å². The van der Waals surface area contributed by atoms with Crippen molar-refractivity contribution >= 4 is 17.6 Å². The molecule has 2 amide bonds. The summed E-state index contributed by atoms with van der Waals surface area (Å²) in [6.07, 6.45) is 11.2. The smallest absolute Gasteiger partial charge is 0.224 e. The number of amides is 2. The van der Waals surface area contributed by atoms with Gasteiger partial charge in [0.15, 0.2) is 11.5 Å². The van der Waals surface area contributed by atoms with Gasteiger partial charge in [-0.05, 0) is 87.5 Å². The lowest BCUT2D eigenvalue weighted by atomic mass is 9.81. The number of hydrogen-bond donors (Lipinski definition) is 2. The van der Waals surface area contributed by atoms with Crippen LogP contribution in [0.4, 0.5) is 0 Å². The zero-order chi connectivity index (χ0) is 23.0. The largest absolute Gasteiger partial charge is 0.456 e. The first kappa shape index (κ1) is 22.4. The van der Waals surface area contributed by atoms with E-state index in [0.29, 0.717) is 18.1 Å². The lowest BCUT2D eigenvalue weighted by molar-refractivity contribution is -0.135. The number of allylic oxidation sites excluding steroid dienone is 2. The second-order valence-electron chi connectivity index (χ2n) is 10.3. The third-order valence-electron chi connectivity index (χ3n) is 8.29. The number of ketones is 1. The quantitative estimate of drug-likeness (QED) is 0.323. The minimum atomic E-state index is -0.339. The van der Waals surface area contributed by atoms with Gasteiger partial charge in [0.25, 0.3) is 0 Å². The molecular weight excluding hydrogens is 418 g/mol.